The van der Waals surface area contributed by atoms with Crippen molar-refractivity contribution in [3.8, 4) is 5.75 Å². The summed E-state index contributed by atoms with van der Waals surface area (Å²) in [5, 5.41) is 10.7. The second kappa shape index (κ2) is 10.4. The van der Waals surface area contributed by atoms with E-state index in [0.717, 1.165) is 12.8 Å². The van der Waals surface area contributed by atoms with E-state index in [1.165, 1.54) is 24.3 Å². The first kappa shape index (κ1) is 22.1. The van der Waals surface area contributed by atoms with E-state index in [0.29, 0.717) is 29.2 Å². The van der Waals surface area contributed by atoms with Crippen molar-refractivity contribution in [2.45, 2.75) is 25.8 Å². The van der Waals surface area contributed by atoms with Gasteiger partial charge < -0.3 is 15.4 Å². The molecule has 1 fully saturated rings. The normalized spacial score (nSPS) is 13.7. The predicted molar refractivity (Wildman–Crippen MR) is 111 cm³/mol. The summed E-state index contributed by atoms with van der Waals surface area (Å²) >= 11 is 0. The van der Waals surface area contributed by atoms with E-state index in [9.17, 15) is 14.0 Å². The molecule has 1 saturated carbocycles. The molecule has 1 aliphatic carbocycles. The Labute approximate surface area is 179 Å². The summed E-state index contributed by atoms with van der Waals surface area (Å²) in [6.45, 7) is 2.33. The summed E-state index contributed by atoms with van der Waals surface area (Å²) in [5.74, 6) is -0.570. The molecule has 0 bridgehead atoms. The van der Waals surface area contributed by atoms with E-state index in [1.807, 2.05) is 6.92 Å². The lowest BCUT2D eigenvalue weighted by atomic mass is 10.2. The third kappa shape index (κ3) is 6.45. The number of ether oxygens (including phenoxy) is 1. The number of benzene rings is 2. The molecule has 8 nitrogen and oxygen atoms in total. The summed E-state index contributed by atoms with van der Waals surface area (Å²) in [4.78, 5) is 24.5. The van der Waals surface area contributed by atoms with Crippen LogP contribution in [0.3, 0.4) is 0 Å². The van der Waals surface area contributed by atoms with Crippen LogP contribution in [0.1, 0.15) is 30.1 Å². The van der Waals surface area contributed by atoms with Crippen molar-refractivity contribution in [2.24, 2.45) is 5.11 Å². The van der Waals surface area contributed by atoms with Gasteiger partial charge >= 0.3 is 0 Å². The molecule has 0 atom stereocenters. The Morgan fingerprint density at radius 3 is 2.42 bits per heavy atom. The van der Waals surface area contributed by atoms with Crippen molar-refractivity contribution >= 4 is 17.5 Å². The van der Waals surface area contributed by atoms with Gasteiger partial charge in [0.15, 0.2) is 12.3 Å². The molecule has 1 aliphatic rings. The van der Waals surface area contributed by atoms with Crippen molar-refractivity contribution < 1.29 is 24.0 Å². The Morgan fingerprint density at radius 1 is 1.16 bits per heavy atom. The van der Waals surface area contributed by atoms with Gasteiger partial charge in [-0.25, -0.2) is 9.92 Å². The average Bonchev–Trinajstić information content (AvgIpc) is 3.58. The van der Waals surface area contributed by atoms with Crippen LogP contribution >= 0.6 is 0 Å². The highest BCUT2D eigenvalue weighted by molar-refractivity contribution is 5.94. The molecule has 0 aromatic heterocycles. The first-order valence-corrected chi connectivity index (χ1v) is 10.0. The molecular weight excluding hydrogens is 401 g/mol. The van der Waals surface area contributed by atoms with Gasteiger partial charge in [-0.1, -0.05) is 0 Å². The highest BCUT2D eigenvalue weighted by Crippen LogP contribution is 2.20. The molecule has 162 valence electrons. The van der Waals surface area contributed by atoms with E-state index in [4.69, 9.17) is 10.3 Å². The molecule has 0 spiro atoms. The SMILES string of the molecule is CCNC(=O)c1ccc([NH2+]C(COc2ccc(F)cc2)=C(N=N)C(=O)NC2CC2)cc1. The lowest BCUT2D eigenvalue weighted by molar-refractivity contribution is -0.522. The molecular formula is C22H25FN5O3+. The van der Waals surface area contributed by atoms with E-state index in [-0.39, 0.29) is 30.1 Å². The number of hydrogen-bond donors (Lipinski definition) is 4. The first-order valence-electron chi connectivity index (χ1n) is 10.0. The Bertz CT molecular complexity index is 970. The Morgan fingerprint density at radius 2 is 1.84 bits per heavy atom. The summed E-state index contributed by atoms with van der Waals surface area (Å²) in [7, 11) is 0. The summed E-state index contributed by atoms with van der Waals surface area (Å²) < 4.78 is 18.8. The van der Waals surface area contributed by atoms with Crippen molar-refractivity contribution in [3.63, 3.8) is 0 Å². The minimum absolute atomic E-state index is 0.0422. The van der Waals surface area contributed by atoms with Gasteiger partial charge in [-0.15, -0.1) is 5.11 Å². The zero-order valence-electron chi connectivity index (χ0n) is 17.2. The zero-order chi connectivity index (χ0) is 22.2. The fourth-order valence-electron chi connectivity index (χ4n) is 2.81. The van der Waals surface area contributed by atoms with Crippen LogP contribution in [0.4, 0.5) is 10.1 Å². The van der Waals surface area contributed by atoms with Crippen LogP contribution in [-0.2, 0) is 4.79 Å². The lowest BCUT2D eigenvalue weighted by Crippen LogP contribution is -2.77. The van der Waals surface area contributed by atoms with Gasteiger partial charge in [0.2, 0.25) is 5.70 Å². The molecule has 9 heteroatoms. The Hall–Kier alpha value is -3.59. The van der Waals surface area contributed by atoms with E-state index >= 15 is 0 Å². The van der Waals surface area contributed by atoms with Crippen LogP contribution < -0.4 is 20.7 Å². The van der Waals surface area contributed by atoms with Crippen molar-refractivity contribution in [1.29, 1.82) is 5.53 Å². The molecule has 0 saturated heterocycles. The molecule has 0 unspecified atom stereocenters. The molecule has 5 N–H and O–H groups in total. The number of halogens is 1. The zero-order valence-corrected chi connectivity index (χ0v) is 17.2. The summed E-state index contributed by atoms with van der Waals surface area (Å²) in [6, 6.07) is 12.5. The third-order valence-corrected chi connectivity index (χ3v) is 4.60. The smallest absolute Gasteiger partial charge is 0.278 e. The molecule has 2 aromatic rings. The lowest BCUT2D eigenvalue weighted by Gasteiger charge is -2.11. The standard InChI is InChI=1S/C22H24FN5O3/c1-2-25-21(29)14-3-7-16(8-4-14)26-19(13-31-18-11-5-15(23)6-12-18)20(28-24)22(30)27-17-9-10-17/h3-8,11-12,17,24,26H,2,9-10,13H2,1H3,(H,25,29)(H,27,30)/p+1. The number of amides is 2. The topological polar surface area (TPSA) is 120 Å². The van der Waals surface area contributed by atoms with Gasteiger partial charge in [0.1, 0.15) is 17.3 Å². The first-order chi connectivity index (χ1) is 15.0. The molecule has 3 rings (SSSR count). The van der Waals surface area contributed by atoms with E-state index in [1.54, 1.807) is 29.6 Å². The van der Waals surface area contributed by atoms with Gasteiger partial charge in [0.05, 0.1) is 0 Å². The fourth-order valence-corrected chi connectivity index (χ4v) is 2.81. The number of rotatable bonds is 10. The van der Waals surface area contributed by atoms with E-state index < -0.39 is 5.91 Å². The maximum atomic E-state index is 13.1. The highest BCUT2D eigenvalue weighted by atomic mass is 19.1. The van der Waals surface area contributed by atoms with Crippen molar-refractivity contribution in [3.05, 3.63) is 71.3 Å². The van der Waals surface area contributed by atoms with Gasteiger partial charge in [-0.3, -0.25) is 14.9 Å². The highest BCUT2D eigenvalue weighted by Gasteiger charge is 2.28. The van der Waals surface area contributed by atoms with Gasteiger partial charge in [0.25, 0.3) is 11.8 Å². The molecule has 31 heavy (non-hydrogen) atoms. The maximum Gasteiger partial charge on any atom is 0.278 e. The van der Waals surface area contributed by atoms with Crippen molar-refractivity contribution in [1.82, 2.24) is 10.6 Å². The third-order valence-electron chi connectivity index (χ3n) is 4.60. The van der Waals surface area contributed by atoms with Crippen LogP contribution in [0, 0.1) is 11.3 Å². The van der Waals surface area contributed by atoms with Gasteiger partial charge in [0, 0.05) is 30.3 Å². The number of nitrogens with two attached hydrogens (primary N) is 1. The maximum absolute atomic E-state index is 13.1. The largest absolute Gasteiger partial charge is 0.483 e. The van der Waals surface area contributed by atoms with Crippen LogP contribution in [0.15, 0.2) is 65.0 Å². The number of quaternary nitrogens is 1. The van der Waals surface area contributed by atoms with Crippen molar-refractivity contribution in [2.75, 3.05) is 13.2 Å². The second-order valence-electron chi connectivity index (χ2n) is 7.10. The minimum atomic E-state index is -0.439. The van der Waals surface area contributed by atoms with Gasteiger partial charge in [-0.05, 0) is 56.2 Å². The quantitative estimate of drug-likeness (QED) is 0.265. The number of carbonyl (C=O) groups is 2. The monoisotopic (exact) mass is 426 g/mol. The number of hydrogen-bond acceptors (Lipinski definition) is 5. The van der Waals surface area contributed by atoms with E-state index in [2.05, 4.69) is 15.7 Å². The second-order valence-corrected chi connectivity index (χ2v) is 7.10. The van der Waals surface area contributed by atoms with Gasteiger partial charge in [-0.2, -0.15) is 0 Å². The van der Waals surface area contributed by atoms with Crippen LogP contribution in [0.5, 0.6) is 5.75 Å². The van der Waals surface area contributed by atoms with Crippen LogP contribution in [0.25, 0.3) is 0 Å². The summed E-state index contributed by atoms with van der Waals surface area (Å²) in [6.07, 6.45) is 1.81. The minimum Gasteiger partial charge on any atom is -0.483 e. The molecule has 2 amide bonds. The molecule has 0 heterocycles. The fraction of sp³-hybridized carbons (Fsp3) is 0.273. The predicted octanol–water partition coefficient (Wildman–Crippen LogP) is 2.37. The Kier molecular flexibility index (Phi) is 7.45. The molecule has 2 aromatic carbocycles. The molecule has 0 aliphatic heterocycles. The number of carbonyl (C=O) groups excluding carboxylic acids is 2. The average molecular weight is 426 g/mol. The van der Waals surface area contributed by atoms with Crippen LogP contribution in [-0.4, -0.2) is 31.0 Å². The van der Waals surface area contributed by atoms with Crippen LogP contribution in [0.2, 0.25) is 0 Å². The number of nitrogens with zero attached hydrogens (tertiary/aromatic N) is 1. The molecule has 0 radical (unpaired) electrons. The Balaban J connectivity index is 1.80. The summed E-state index contributed by atoms with van der Waals surface area (Å²) in [5.41, 5.74) is 9.10. The number of nitrogens with one attached hydrogen (secondary N) is 3.